The van der Waals surface area contributed by atoms with E-state index in [1.165, 1.54) is 15.7 Å². The Bertz CT molecular complexity index is 429. The first-order chi connectivity index (χ1) is 8.37. The van der Waals surface area contributed by atoms with E-state index in [1.54, 1.807) is 0 Å². The first kappa shape index (κ1) is 13.9. The maximum Gasteiger partial charge on any atom is 0.0511 e. The normalized spacial score (nSPS) is 23.8. The molecule has 1 aliphatic rings. The first-order valence-corrected chi connectivity index (χ1v) is 7.43. The number of aryl methyl sites for hydroxylation is 1. The number of hydrogen-bond acceptors (Lipinski definition) is 2. The molecular weight excluding hydrogens is 288 g/mol. The van der Waals surface area contributed by atoms with E-state index in [-0.39, 0.29) is 5.54 Å². The monoisotopic (exact) mass is 310 g/mol. The van der Waals surface area contributed by atoms with Gasteiger partial charge in [0.25, 0.3) is 0 Å². The summed E-state index contributed by atoms with van der Waals surface area (Å²) < 4.78 is 1.20. The van der Waals surface area contributed by atoms with Crippen molar-refractivity contribution >= 4 is 21.6 Å². The molecule has 1 atom stereocenters. The summed E-state index contributed by atoms with van der Waals surface area (Å²) in [6.45, 7) is 12.2. The summed E-state index contributed by atoms with van der Waals surface area (Å²) in [6, 6.07) is 6.62. The van der Waals surface area contributed by atoms with E-state index < -0.39 is 0 Å². The molecule has 0 aromatic heterocycles. The van der Waals surface area contributed by atoms with Gasteiger partial charge in [-0.1, -0.05) is 13.0 Å². The maximum atomic E-state index is 3.70. The Balaban J connectivity index is 2.29. The van der Waals surface area contributed by atoms with Crippen molar-refractivity contribution in [3.05, 3.63) is 28.2 Å². The minimum absolute atomic E-state index is 0.162. The number of rotatable bonds is 1. The van der Waals surface area contributed by atoms with Crippen molar-refractivity contribution < 1.29 is 0 Å². The lowest BCUT2D eigenvalue weighted by Gasteiger charge is -2.32. The van der Waals surface area contributed by atoms with Crippen molar-refractivity contribution in [3.8, 4) is 0 Å². The van der Waals surface area contributed by atoms with E-state index in [4.69, 9.17) is 0 Å². The minimum atomic E-state index is 0.162. The van der Waals surface area contributed by atoms with Crippen LogP contribution in [0.2, 0.25) is 0 Å². The fourth-order valence-corrected chi connectivity index (χ4v) is 3.28. The Morgan fingerprint density at radius 1 is 1.39 bits per heavy atom. The Morgan fingerprint density at radius 2 is 2.11 bits per heavy atom. The molecule has 1 aromatic carbocycles. The lowest BCUT2D eigenvalue weighted by molar-refractivity contribution is 0.402. The molecule has 1 heterocycles. The van der Waals surface area contributed by atoms with Crippen LogP contribution in [0, 0.1) is 12.8 Å². The molecule has 0 spiro atoms. The Hall–Kier alpha value is -0.540. The van der Waals surface area contributed by atoms with Crippen LogP contribution < -0.4 is 10.2 Å². The van der Waals surface area contributed by atoms with Crippen LogP contribution >= 0.6 is 15.9 Å². The Labute approximate surface area is 119 Å². The van der Waals surface area contributed by atoms with Gasteiger partial charge in [0.2, 0.25) is 0 Å². The average Bonchev–Trinajstić information content (AvgIpc) is 2.37. The van der Waals surface area contributed by atoms with Gasteiger partial charge in [0.15, 0.2) is 0 Å². The van der Waals surface area contributed by atoms with Crippen LogP contribution in [0.3, 0.4) is 0 Å². The molecule has 1 aromatic rings. The van der Waals surface area contributed by atoms with Crippen molar-refractivity contribution in [1.82, 2.24) is 5.32 Å². The third-order valence-corrected chi connectivity index (χ3v) is 4.13. The van der Waals surface area contributed by atoms with Gasteiger partial charge in [-0.15, -0.1) is 0 Å². The van der Waals surface area contributed by atoms with Gasteiger partial charge in [-0.2, -0.15) is 0 Å². The van der Waals surface area contributed by atoms with E-state index in [9.17, 15) is 0 Å². The summed E-state index contributed by atoms with van der Waals surface area (Å²) >= 11 is 3.70. The molecule has 1 unspecified atom stereocenters. The van der Waals surface area contributed by atoms with E-state index in [1.807, 2.05) is 0 Å². The molecule has 100 valence electrons. The fraction of sp³-hybridized carbons (Fsp3) is 0.600. The van der Waals surface area contributed by atoms with Crippen molar-refractivity contribution in [2.24, 2.45) is 5.92 Å². The molecule has 0 radical (unpaired) electrons. The van der Waals surface area contributed by atoms with E-state index in [2.05, 4.69) is 72.0 Å². The summed E-state index contributed by atoms with van der Waals surface area (Å²) in [7, 11) is 0. The predicted octanol–water partition coefficient (Wildman–Crippen LogP) is 3.58. The molecule has 0 bridgehead atoms. The van der Waals surface area contributed by atoms with Crippen LogP contribution in [0.5, 0.6) is 0 Å². The first-order valence-electron chi connectivity index (χ1n) is 6.63. The van der Waals surface area contributed by atoms with E-state index in [0.717, 1.165) is 19.6 Å². The maximum absolute atomic E-state index is 3.70. The molecule has 0 amide bonds. The van der Waals surface area contributed by atoms with Gasteiger partial charge in [0, 0.05) is 23.1 Å². The average molecular weight is 311 g/mol. The Morgan fingerprint density at radius 3 is 2.78 bits per heavy atom. The third kappa shape index (κ3) is 3.27. The van der Waals surface area contributed by atoms with Crippen LogP contribution in [0.25, 0.3) is 0 Å². The topological polar surface area (TPSA) is 15.3 Å². The molecule has 0 saturated carbocycles. The summed E-state index contributed by atoms with van der Waals surface area (Å²) in [6.07, 6.45) is 0. The van der Waals surface area contributed by atoms with Gasteiger partial charge in [-0.3, -0.25) is 0 Å². The number of nitrogens with zero attached hydrogens (tertiary/aromatic N) is 1. The summed E-state index contributed by atoms with van der Waals surface area (Å²) in [5.41, 5.74) is 2.77. The third-order valence-electron chi connectivity index (χ3n) is 3.49. The molecule has 1 fully saturated rings. The van der Waals surface area contributed by atoms with Crippen LogP contribution in [-0.4, -0.2) is 25.2 Å². The highest BCUT2D eigenvalue weighted by atomic mass is 79.9. The number of anilines is 1. The van der Waals surface area contributed by atoms with Gasteiger partial charge in [-0.25, -0.2) is 0 Å². The quantitative estimate of drug-likeness (QED) is 0.853. The van der Waals surface area contributed by atoms with Gasteiger partial charge in [-0.05, 0) is 66.9 Å². The lowest BCUT2D eigenvalue weighted by atomic mass is 10.1. The van der Waals surface area contributed by atoms with Crippen molar-refractivity contribution in [1.29, 1.82) is 0 Å². The molecular formula is C15H23BrN2. The summed E-state index contributed by atoms with van der Waals surface area (Å²) in [5.74, 6) is 0.667. The van der Waals surface area contributed by atoms with Crippen LogP contribution in [-0.2, 0) is 0 Å². The van der Waals surface area contributed by atoms with Gasteiger partial charge in [0.05, 0.1) is 5.69 Å². The molecule has 2 nitrogen and oxygen atoms in total. The number of halogens is 1. The molecule has 1 saturated heterocycles. The zero-order valence-corrected chi connectivity index (χ0v) is 13.3. The molecule has 18 heavy (non-hydrogen) atoms. The van der Waals surface area contributed by atoms with Gasteiger partial charge < -0.3 is 10.2 Å². The van der Waals surface area contributed by atoms with Crippen molar-refractivity contribution in [2.45, 2.75) is 33.2 Å². The van der Waals surface area contributed by atoms with Crippen LogP contribution in [0.4, 0.5) is 5.69 Å². The second kappa shape index (κ2) is 5.22. The highest BCUT2D eigenvalue weighted by Gasteiger charge is 2.27. The van der Waals surface area contributed by atoms with Crippen LogP contribution in [0.15, 0.2) is 22.7 Å². The second-order valence-electron chi connectivity index (χ2n) is 6.21. The largest absolute Gasteiger partial charge is 0.368 e. The van der Waals surface area contributed by atoms with E-state index in [0.29, 0.717) is 5.92 Å². The lowest BCUT2D eigenvalue weighted by Crippen LogP contribution is -2.46. The van der Waals surface area contributed by atoms with Crippen molar-refractivity contribution in [2.75, 3.05) is 24.5 Å². The van der Waals surface area contributed by atoms with Gasteiger partial charge >= 0.3 is 0 Å². The molecule has 1 aliphatic heterocycles. The molecule has 1 N–H and O–H groups in total. The Kier molecular flexibility index (Phi) is 4.02. The number of nitrogens with one attached hydrogen (secondary N) is 1. The van der Waals surface area contributed by atoms with Crippen molar-refractivity contribution in [3.63, 3.8) is 0 Å². The highest BCUT2D eigenvalue weighted by Crippen LogP contribution is 2.30. The highest BCUT2D eigenvalue weighted by molar-refractivity contribution is 9.10. The standard InChI is InChI=1S/C15H23BrN2/c1-11-5-6-14(13(16)7-11)18-9-12(2)8-17-15(3,4)10-18/h5-7,12,17H,8-10H2,1-4H3. The molecule has 3 heteroatoms. The van der Waals surface area contributed by atoms with E-state index >= 15 is 0 Å². The SMILES string of the molecule is Cc1ccc(N2CC(C)CNC(C)(C)C2)c(Br)c1. The zero-order valence-electron chi connectivity index (χ0n) is 11.8. The molecule has 2 rings (SSSR count). The van der Waals surface area contributed by atoms with Gasteiger partial charge in [0.1, 0.15) is 0 Å². The molecule has 0 aliphatic carbocycles. The second-order valence-corrected chi connectivity index (χ2v) is 7.06. The number of hydrogen-bond donors (Lipinski definition) is 1. The smallest absolute Gasteiger partial charge is 0.0511 e. The predicted molar refractivity (Wildman–Crippen MR) is 82.3 cm³/mol. The number of benzene rings is 1. The van der Waals surface area contributed by atoms with Crippen LogP contribution in [0.1, 0.15) is 26.3 Å². The zero-order chi connectivity index (χ0) is 13.3. The summed E-state index contributed by atoms with van der Waals surface area (Å²) in [4.78, 5) is 2.49. The minimum Gasteiger partial charge on any atom is -0.368 e. The summed E-state index contributed by atoms with van der Waals surface area (Å²) in [5, 5.41) is 3.64. The fourth-order valence-electron chi connectivity index (χ4n) is 2.54.